The van der Waals surface area contributed by atoms with Crippen LogP contribution >= 0.6 is 0 Å². The molecule has 0 aliphatic heterocycles. The maximum Gasteiger partial charge on any atom is 0.421 e. The number of halogens is 4. The van der Waals surface area contributed by atoms with E-state index in [0.29, 0.717) is 11.1 Å². The van der Waals surface area contributed by atoms with E-state index in [-0.39, 0.29) is 12.0 Å². The number of aliphatic hydroxyl groups is 1. The molecule has 0 aliphatic rings. The lowest BCUT2D eigenvalue weighted by Crippen LogP contribution is -2.44. The molecule has 2 unspecified atom stereocenters. The fourth-order valence-corrected chi connectivity index (χ4v) is 4.55. The minimum absolute atomic E-state index is 0.182. The Bertz CT molecular complexity index is 1070. The highest BCUT2D eigenvalue weighted by molar-refractivity contribution is 7.92. The van der Waals surface area contributed by atoms with Crippen molar-refractivity contribution in [3.8, 4) is 11.1 Å². The van der Waals surface area contributed by atoms with Crippen LogP contribution in [-0.4, -0.2) is 44.1 Å². The average Bonchev–Trinajstić information content (AvgIpc) is 2.69. The van der Waals surface area contributed by atoms with Crippen LogP contribution in [0.2, 0.25) is 0 Å². The summed E-state index contributed by atoms with van der Waals surface area (Å²) in [7, 11) is -3.63. The minimum Gasteiger partial charge on any atom is -0.480 e. The largest absolute Gasteiger partial charge is 0.480 e. The number of carboxylic acid groups (broad SMARTS) is 1. The second-order valence-electron chi connectivity index (χ2n) is 7.62. The number of nitrogens with one attached hydrogen (secondary N) is 1. The first-order valence-electron chi connectivity index (χ1n) is 9.55. The zero-order chi connectivity index (χ0) is 24.3. The van der Waals surface area contributed by atoms with Crippen molar-refractivity contribution < 1.29 is 36.8 Å². The van der Waals surface area contributed by atoms with Crippen LogP contribution in [0.25, 0.3) is 11.1 Å². The fourth-order valence-electron chi connectivity index (χ4n) is 3.08. The molecule has 2 rings (SSSR count). The number of aryl methyl sites for hydroxylation is 1. The number of hydrogen-bond donors (Lipinski definition) is 4. The first kappa shape index (κ1) is 25.8. The summed E-state index contributed by atoms with van der Waals surface area (Å²) < 4.78 is 75.5. The lowest BCUT2D eigenvalue weighted by atomic mass is 9.89. The molecule has 0 bridgehead atoms. The molecule has 0 amide bonds. The summed E-state index contributed by atoms with van der Waals surface area (Å²) in [4.78, 5) is 10.7. The lowest BCUT2D eigenvalue weighted by molar-refractivity contribution is -0.267. The third kappa shape index (κ3) is 6.05. The fraction of sp³-hybridized carbons (Fsp3) is 0.381. The van der Waals surface area contributed by atoms with Gasteiger partial charge in [-0.25, -0.2) is 8.60 Å². The van der Waals surface area contributed by atoms with Crippen molar-refractivity contribution in [2.45, 2.75) is 37.6 Å². The van der Waals surface area contributed by atoms with Crippen molar-refractivity contribution in [3.63, 3.8) is 0 Å². The SMILES string of the molecule is Cc1ccc(-c2ccc(C(O)(CCS(=N)(=O)CC[C@H](N)C(=O)O)C(F)(F)F)cc2)c(F)c1. The molecule has 3 atom stereocenters. The van der Waals surface area contributed by atoms with E-state index in [4.69, 9.17) is 15.6 Å². The number of hydrogen-bond acceptors (Lipinski definition) is 5. The molecule has 6 nitrogen and oxygen atoms in total. The van der Waals surface area contributed by atoms with Crippen LogP contribution in [0.5, 0.6) is 0 Å². The van der Waals surface area contributed by atoms with Gasteiger partial charge in [-0.05, 0) is 36.1 Å². The molecule has 2 aromatic rings. The van der Waals surface area contributed by atoms with Crippen molar-refractivity contribution >= 4 is 15.7 Å². The van der Waals surface area contributed by atoms with Gasteiger partial charge in [0.1, 0.15) is 11.9 Å². The quantitative estimate of drug-likeness (QED) is 0.410. The second-order valence-corrected chi connectivity index (χ2v) is 10.1. The number of nitrogens with two attached hydrogens (primary N) is 1. The van der Waals surface area contributed by atoms with Crippen molar-refractivity contribution in [2.24, 2.45) is 5.73 Å². The van der Waals surface area contributed by atoms with Crippen LogP contribution in [0.1, 0.15) is 24.0 Å². The van der Waals surface area contributed by atoms with E-state index in [1.54, 1.807) is 13.0 Å². The maximum atomic E-state index is 14.2. The van der Waals surface area contributed by atoms with Crippen molar-refractivity contribution in [1.29, 1.82) is 4.78 Å². The molecule has 0 aromatic heterocycles. The molecule has 0 heterocycles. The van der Waals surface area contributed by atoms with Gasteiger partial charge in [-0.2, -0.15) is 13.2 Å². The predicted molar refractivity (Wildman–Crippen MR) is 112 cm³/mol. The Morgan fingerprint density at radius 3 is 2.25 bits per heavy atom. The molecule has 11 heteroatoms. The highest BCUT2D eigenvalue weighted by atomic mass is 32.2. The second kappa shape index (κ2) is 9.55. The maximum absolute atomic E-state index is 14.2. The standard InChI is InChI=1S/C21H24F4N2O4S/c1-13-2-7-16(17(22)12-13)14-3-5-15(6-4-14)20(30,21(23,24)25)9-11-32(27,31)10-8-18(26)19(28)29/h2-7,12,18,27,30H,8-11,26H2,1H3,(H,28,29)/t18-,20?,32?/m0/s1. The van der Waals surface area contributed by atoms with Crippen molar-refractivity contribution in [1.82, 2.24) is 0 Å². The van der Waals surface area contributed by atoms with Gasteiger partial charge in [0, 0.05) is 33.2 Å². The van der Waals surface area contributed by atoms with Gasteiger partial charge in [0.25, 0.3) is 0 Å². The summed E-state index contributed by atoms with van der Waals surface area (Å²) in [5.74, 6) is -3.25. The topological polar surface area (TPSA) is 124 Å². The zero-order valence-corrected chi connectivity index (χ0v) is 18.0. The van der Waals surface area contributed by atoms with E-state index < -0.39 is 62.8 Å². The first-order chi connectivity index (χ1) is 14.7. The smallest absolute Gasteiger partial charge is 0.421 e. The Morgan fingerprint density at radius 1 is 1.16 bits per heavy atom. The summed E-state index contributed by atoms with van der Waals surface area (Å²) >= 11 is 0. The number of benzene rings is 2. The van der Waals surface area contributed by atoms with Crippen LogP contribution in [0, 0.1) is 17.5 Å². The molecule has 0 spiro atoms. The summed E-state index contributed by atoms with van der Waals surface area (Å²) in [5, 5.41) is 19.2. The number of aliphatic carboxylic acids is 1. The molecule has 176 valence electrons. The van der Waals surface area contributed by atoms with Crippen molar-refractivity contribution in [3.05, 3.63) is 59.4 Å². The molecule has 5 N–H and O–H groups in total. The monoisotopic (exact) mass is 476 g/mol. The van der Waals surface area contributed by atoms with E-state index in [2.05, 4.69) is 0 Å². The van der Waals surface area contributed by atoms with E-state index in [0.717, 1.165) is 12.1 Å². The summed E-state index contributed by atoms with van der Waals surface area (Å²) in [6.45, 7) is 1.69. The van der Waals surface area contributed by atoms with Crippen LogP contribution in [0.3, 0.4) is 0 Å². The summed E-state index contributed by atoms with van der Waals surface area (Å²) in [5.41, 5.74) is 2.52. The molecule has 32 heavy (non-hydrogen) atoms. The van der Waals surface area contributed by atoms with E-state index >= 15 is 0 Å². The minimum atomic E-state index is -5.14. The van der Waals surface area contributed by atoms with Gasteiger partial charge in [0.2, 0.25) is 0 Å². The molecular weight excluding hydrogens is 452 g/mol. The molecule has 2 aromatic carbocycles. The van der Waals surface area contributed by atoms with Crippen LogP contribution in [0.15, 0.2) is 42.5 Å². The van der Waals surface area contributed by atoms with Gasteiger partial charge in [0.05, 0.1) is 0 Å². The lowest BCUT2D eigenvalue weighted by Gasteiger charge is -2.31. The average molecular weight is 476 g/mol. The summed E-state index contributed by atoms with van der Waals surface area (Å²) in [6, 6.07) is 7.54. The molecular formula is C21H24F4N2O4S. The molecule has 0 aliphatic carbocycles. The van der Waals surface area contributed by atoms with Gasteiger partial charge in [-0.3, -0.25) is 9.57 Å². The highest BCUT2D eigenvalue weighted by Crippen LogP contribution is 2.42. The van der Waals surface area contributed by atoms with E-state index in [9.17, 15) is 31.7 Å². The Hall–Kier alpha value is -2.50. The normalized spacial score (nSPS) is 16.7. The number of carboxylic acids is 1. The van der Waals surface area contributed by atoms with Crippen LogP contribution in [0.4, 0.5) is 17.6 Å². The Balaban J connectivity index is 2.26. The Labute approximate surface area is 183 Å². The van der Waals surface area contributed by atoms with Crippen LogP contribution in [-0.2, 0) is 20.1 Å². The third-order valence-electron chi connectivity index (χ3n) is 5.14. The Kier molecular flexibility index (Phi) is 7.69. The molecule has 0 saturated carbocycles. The third-order valence-corrected chi connectivity index (χ3v) is 6.90. The van der Waals surface area contributed by atoms with Gasteiger partial charge in [-0.15, -0.1) is 0 Å². The number of carbonyl (C=O) groups is 1. The van der Waals surface area contributed by atoms with E-state index in [1.807, 2.05) is 0 Å². The van der Waals surface area contributed by atoms with Gasteiger partial charge < -0.3 is 15.9 Å². The summed E-state index contributed by atoms with van der Waals surface area (Å²) in [6.07, 6.45) is -6.56. The van der Waals surface area contributed by atoms with Gasteiger partial charge in [-0.1, -0.05) is 36.4 Å². The number of alkyl halides is 3. The van der Waals surface area contributed by atoms with Crippen molar-refractivity contribution in [2.75, 3.05) is 11.5 Å². The zero-order valence-electron chi connectivity index (χ0n) is 17.2. The molecule has 0 fully saturated rings. The number of rotatable bonds is 9. The van der Waals surface area contributed by atoms with Crippen LogP contribution < -0.4 is 5.73 Å². The van der Waals surface area contributed by atoms with Gasteiger partial charge >= 0.3 is 12.1 Å². The molecule has 0 radical (unpaired) electrons. The predicted octanol–water partition coefficient (Wildman–Crippen LogP) is 3.79. The van der Waals surface area contributed by atoms with E-state index in [1.165, 1.54) is 24.3 Å². The molecule has 0 saturated heterocycles. The Morgan fingerprint density at radius 2 is 1.75 bits per heavy atom. The van der Waals surface area contributed by atoms with Gasteiger partial charge in [0.15, 0.2) is 5.60 Å². The first-order valence-corrected chi connectivity index (χ1v) is 11.4. The highest BCUT2D eigenvalue weighted by Gasteiger charge is 2.54.